The Morgan fingerprint density at radius 3 is 2.10 bits per heavy atom. The van der Waals surface area contributed by atoms with Gasteiger partial charge in [0.15, 0.2) is 5.75 Å². The van der Waals surface area contributed by atoms with E-state index in [-0.39, 0.29) is 17.9 Å². The zero-order valence-corrected chi connectivity index (χ0v) is 15.4. The van der Waals surface area contributed by atoms with E-state index in [0.29, 0.717) is 40.6 Å². The zero-order valence-electron chi connectivity index (χ0n) is 12.3. The lowest BCUT2D eigenvalue weighted by Gasteiger charge is -2.20. The molecule has 0 aromatic heterocycles. The van der Waals surface area contributed by atoms with Gasteiger partial charge in [-0.1, -0.05) is 34.8 Å². The van der Waals surface area contributed by atoms with E-state index in [9.17, 15) is 0 Å². The minimum absolute atomic E-state index is 0. The van der Waals surface area contributed by atoms with E-state index in [4.69, 9.17) is 44.3 Å². The number of ether oxygens (including phenoxy) is 2. The highest BCUT2D eigenvalue weighted by molar-refractivity contribution is 6.40. The van der Waals surface area contributed by atoms with Gasteiger partial charge in [-0.05, 0) is 32.9 Å². The normalized spacial score (nSPS) is 11.1. The molecule has 0 atom stereocenters. The topological polar surface area (TPSA) is 30.5 Å². The summed E-state index contributed by atoms with van der Waals surface area (Å²) < 4.78 is 11.0. The molecular formula is C14H21Cl4NO2. The Kier molecular flexibility index (Phi) is 10.0. The summed E-state index contributed by atoms with van der Waals surface area (Å²) in [5, 5.41) is 4.62. The maximum absolute atomic E-state index is 6.00. The Balaban J connectivity index is 0.00000400. The van der Waals surface area contributed by atoms with E-state index in [1.807, 2.05) is 0 Å². The Labute approximate surface area is 147 Å². The van der Waals surface area contributed by atoms with Gasteiger partial charge in [0.05, 0.1) is 23.3 Å². The molecule has 0 saturated carbocycles. The van der Waals surface area contributed by atoms with Gasteiger partial charge in [-0.25, -0.2) is 0 Å². The average molecular weight is 377 g/mol. The molecule has 0 aliphatic rings. The van der Waals surface area contributed by atoms with Gasteiger partial charge in [-0.15, -0.1) is 12.4 Å². The summed E-state index contributed by atoms with van der Waals surface area (Å²) in [4.78, 5) is 0. The molecule has 1 N–H and O–H groups in total. The van der Waals surface area contributed by atoms with Gasteiger partial charge in [-0.2, -0.15) is 0 Å². The minimum atomic E-state index is 0. The molecule has 0 amide bonds. The molecule has 0 spiro atoms. The highest BCUT2D eigenvalue weighted by Crippen LogP contribution is 2.35. The van der Waals surface area contributed by atoms with Crippen LogP contribution in [0, 0.1) is 0 Å². The maximum Gasteiger partial charge on any atom is 0.156 e. The van der Waals surface area contributed by atoms with Crippen LogP contribution in [0.2, 0.25) is 15.1 Å². The molecule has 0 saturated heterocycles. The third-order valence-electron chi connectivity index (χ3n) is 2.34. The van der Waals surface area contributed by atoms with Crippen LogP contribution in [0.25, 0.3) is 0 Å². The first-order valence-electron chi connectivity index (χ1n) is 6.40. The molecule has 0 unspecified atom stereocenters. The number of halogens is 4. The highest BCUT2D eigenvalue weighted by atomic mass is 35.5. The van der Waals surface area contributed by atoms with Crippen LogP contribution in [0.15, 0.2) is 12.1 Å². The predicted molar refractivity (Wildman–Crippen MR) is 92.8 cm³/mol. The Morgan fingerprint density at radius 1 is 1.00 bits per heavy atom. The van der Waals surface area contributed by atoms with E-state index in [1.54, 1.807) is 12.1 Å². The van der Waals surface area contributed by atoms with E-state index in [0.717, 1.165) is 6.54 Å². The van der Waals surface area contributed by atoms with Crippen molar-refractivity contribution in [3.8, 4) is 5.75 Å². The molecule has 21 heavy (non-hydrogen) atoms. The van der Waals surface area contributed by atoms with Gasteiger partial charge in [0, 0.05) is 17.1 Å². The Bertz CT molecular complexity index is 412. The monoisotopic (exact) mass is 375 g/mol. The van der Waals surface area contributed by atoms with Crippen molar-refractivity contribution in [2.24, 2.45) is 0 Å². The first-order chi connectivity index (χ1) is 9.29. The summed E-state index contributed by atoms with van der Waals surface area (Å²) in [6.45, 7) is 8.62. The lowest BCUT2D eigenvalue weighted by molar-refractivity contribution is 0.0985. The van der Waals surface area contributed by atoms with Crippen molar-refractivity contribution in [2.45, 2.75) is 26.3 Å². The van der Waals surface area contributed by atoms with Gasteiger partial charge in [-0.3, -0.25) is 0 Å². The van der Waals surface area contributed by atoms with Crippen molar-refractivity contribution in [1.82, 2.24) is 5.32 Å². The number of nitrogens with one attached hydrogen (secondary N) is 1. The van der Waals surface area contributed by atoms with Crippen molar-refractivity contribution in [3.05, 3.63) is 27.2 Å². The summed E-state index contributed by atoms with van der Waals surface area (Å²) in [5.74, 6) is 0.439. The van der Waals surface area contributed by atoms with E-state index >= 15 is 0 Å². The summed E-state index contributed by atoms with van der Waals surface area (Å²) in [5.41, 5.74) is 0.101. The van der Waals surface area contributed by atoms with E-state index in [2.05, 4.69) is 26.1 Å². The molecule has 1 rings (SSSR count). The molecule has 0 bridgehead atoms. The van der Waals surface area contributed by atoms with Gasteiger partial charge < -0.3 is 14.8 Å². The minimum Gasteiger partial charge on any atom is -0.488 e. The number of hydrogen-bond acceptors (Lipinski definition) is 3. The van der Waals surface area contributed by atoms with Gasteiger partial charge in [0.2, 0.25) is 0 Å². The van der Waals surface area contributed by atoms with Crippen molar-refractivity contribution in [2.75, 3.05) is 26.4 Å². The molecule has 1 aromatic carbocycles. The summed E-state index contributed by atoms with van der Waals surface area (Å²) in [7, 11) is 0. The van der Waals surface area contributed by atoms with Crippen LogP contribution in [-0.2, 0) is 4.74 Å². The smallest absolute Gasteiger partial charge is 0.156 e. The molecule has 3 nitrogen and oxygen atoms in total. The third kappa shape index (κ3) is 8.97. The second-order valence-electron chi connectivity index (χ2n) is 5.34. The fraction of sp³-hybridized carbons (Fsp3) is 0.571. The lowest BCUT2D eigenvalue weighted by atomic mass is 10.1. The van der Waals surface area contributed by atoms with Crippen LogP contribution in [0.1, 0.15) is 20.8 Å². The SMILES string of the molecule is CC(C)(C)NCCOCCOc1c(Cl)cc(Cl)cc1Cl.Cl. The Hall–Kier alpha value is 0.1000. The fourth-order valence-corrected chi connectivity index (χ4v) is 2.40. The van der Waals surface area contributed by atoms with E-state index < -0.39 is 0 Å². The fourth-order valence-electron chi connectivity index (χ4n) is 1.47. The maximum atomic E-state index is 6.00. The summed E-state index contributed by atoms with van der Waals surface area (Å²) >= 11 is 17.8. The van der Waals surface area contributed by atoms with Gasteiger partial charge in [0.25, 0.3) is 0 Å². The number of benzene rings is 1. The molecule has 0 aliphatic carbocycles. The second-order valence-corrected chi connectivity index (χ2v) is 6.59. The van der Waals surface area contributed by atoms with Crippen LogP contribution in [0.4, 0.5) is 0 Å². The van der Waals surface area contributed by atoms with Crippen LogP contribution in [-0.4, -0.2) is 31.9 Å². The molecule has 0 radical (unpaired) electrons. The quantitative estimate of drug-likeness (QED) is 0.689. The molecular weight excluding hydrogens is 356 g/mol. The second kappa shape index (κ2) is 9.98. The van der Waals surface area contributed by atoms with Crippen molar-refractivity contribution >= 4 is 47.2 Å². The molecule has 122 valence electrons. The number of rotatable bonds is 7. The largest absolute Gasteiger partial charge is 0.488 e. The molecule has 0 heterocycles. The van der Waals surface area contributed by atoms with Crippen LogP contribution in [0.5, 0.6) is 5.75 Å². The van der Waals surface area contributed by atoms with Crippen LogP contribution < -0.4 is 10.1 Å². The molecule has 7 heteroatoms. The van der Waals surface area contributed by atoms with Crippen molar-refractivity contribution in [1.29, 1.82) is 0 Å². The third-order valence-corrected chi connectivity index (χ3v) is 3.12. The first kappa shape index (κ1) is 21.1. The highest BCUT2D eigenvalue weighted by Gasteiger charge is 2.09. The number of hydrogen-bond donors (Lipinski definition) is 1. The van der Waals surface area contributed by atoms with Crippen molar-refractivity contribution < 1.29 is 9.47 Å². The van der Waals surface area contributed by atoms with Crippen LogP contribution in [0.3, 0.4) is 0 Å². The first-order valence-corrected chi connectivity index (χ1v) is 7.53. The predicted octanol–water partition coefficient (Wildman–Crippen LogP) is 4.85. The standard InChI is InChI=1S/C14H20Cl3NO2.ClH/c1-14(2,3)18-4-5-19-6-7-20-13-11(16)8-10(15)9-12(13)17;/h8-9,18H,4-7H2,1-3H3;1H. The zero-order chi connectivity index (χ0) is 15.2. The summed E-state index contributed by atoms with van der Waals surface area (Å²) in [6, 6.07) is 3.19. The van der Waals surface area contributed by atoms with E-state index in [1.165, 1.54) is 0 Å². The summed E-state index contributed by atoms with van der Waals surface area (Å²) in [6.07, 6.45) is 0. The lowest BCUT2D eigenvalue weighted by Crippen LogP contribution is -2.38. The van der Waals surface area contributed by atoms with Gasteiger partial charge >= 0.3 is 0 Å². The van der Waals surface area contributed by atoms with Crippen molar-refractivity contribution in [3.63, 3.8) is 0 Å². The Morgan fingerprint density at radius 2 is 1.57 bits per heavy atom. The average Bonchev–Trinajstić information content (AvgIpc) is 2.29. The molecule has 1 aromatic rings. The molecule has 0 fully saturated rings. The van der Waals surface area contributed by atoms with Gasteiger partial charge in [0.1, 0.15) is 6.61 Å². The van der Waals surface area contributed by atoms with Crippen LogP contribution >= 0.6 is 47.2 Å². The molecule has 0 aliphatic heterocycles.